The normalized spacial score (nSPS) is 15.8. The third kappa shape index (κ3) is 4.28. The van der Waals surface area contributed by atoms with E-state index < -0.39 is 0 Å². The second-order valence-corrected chi connectivity index (χ2v) is 7.58. The van der Waals surface area contributed by atoms with Crippen LogP contribution in [0.2, 0.25) is 0 Å². The molecule has 0 fully saturated rings. The Hall–Kier alpha value is -2.99. The van der Waals surface area contributed by atoms with Crippen LogP contribution in [0.3, 0.4) is 0 Å². The lowest BCUT2D eigenvalue weighted by Gasteiger charge is -2.24. The molecule has 1 unspecified atom stereocenters. The van der Waals surface area contributed by atoms with Gasteiger partial charge in [0.15, 0.2) is 6.10 Å². The minimum atomic E-state index is -0.303. The van der Waals surface area contributed by atoms with Gasteiger partial charge in [0, 0.05) is 18.5 Å². The summed E-state index contributed by atoms with van der Waals surface area (Å²) in [6, 6.07) is 19.9. The molecule has 0 aliphatic carbocycles. The number of nitrogens with zero attached hydrogens (tertiary/aromatic N) is 2. The van der Waals surface area contributed by atoms with Crippen LogP contribution in [-0.4, -0.2) is 29.2 Å². The highest BCUT2D eigenvalue weighted by atomic mass is 32.1. The molecule has 6 heteroatoms. The van der Waals surface area contributed by atoms with E-state index in [0.29, 0.717) is 35.7 Å². The molecule has 3 aromatic rings. The Kier molecular flexibility index (Phi) is 5.48. The largest absolute Gasteiger partial charge is 0.390 e. The summed E-state index contributed by atoms with van der Waals surface area (Å²) in [6.45, 7) is 0.903. The molecule has 4 rings (SSSR count). The highest BCUT2D eigenvalue weighted by Gasteiger charge is 2.27. The third-order valence-electron chi connectivity index (χ3n) is 4.55. The number of thiophene rings is 1. The van der Waals surface area contributed by atoms with Crippen LogP contribution in [0.15, 0.2) is 77.3 Å². The summed E-state index contributed by atoms with van der Waals surface area (Å²) >= 11 is 1.42. The second-order valence-electron chi connectivity index (χ2n) is 6.63. The molecule has 4 nitrogen and oxygen atoms in total. The van der Waals surface area contributed by atoms with Crippen molar-refractivity contribution in [2.24, 2.45) is 5.16 Å². The molecule has 1 amide bonds. The van der Waals surface area contributed by atoms with E-state index in [-0.39, 0.29) is 17.8 Å². The smallest absolute Gasteiger partial charge is 0.264 e. The number of amides is 1. The standard InChI is InChI=1S/C22H19FN2O2S/c23-18-9-4-8-17(12-18)20-13-19(27-24-20)15-25(14-16-6-2-1-3-7-16)22(26)21-10-5-11-28-21/h1-12,19H,13-15H2. The van der Waals surface area contributed by atoms with Crippen molar-refractivity contribution in [2.75, 3.05) is 6.54 Å². The quantitative estimate of drug-likeness (QED) is 0.607. The number of benzene rings is 2. The van der Waals surface area contributed by atoms with E-state index in [2.05, 4.69) is 5.16 Å². The average molecular weight is 394 g/mol. The van der Waals surface area contributed by atoms with Crippen LogP contribution in [0.25, 0.3) is 0 Å². The summed E-state index contributed by atoms with van der Waals surface area (Å²) in [4.78, 5) is 21.0. The first-order chi connectivity index (χ1) is 13.7. The number of hydrogen-bond donors (Lipinski definition) is 0. The molecule has 2 aromatic carbocycles. The zero-order valence-electron chi connectivity index (χ0n) is 15.1. The van der Waals surface area contributed by atoms with Gasteiger partial charge in [-0.05, 0) is 29.1 Å². The Morgan fingerprint density at radius 2 is 2.00 bits per heavy atom. The van der Waals surface area contributed by atoms with Crippen LogP contribution < -0.4 is 0 Å². The van der Waals surface area contributed by atoms with Crippen molar-refractivity contribution in [3.8, 4) is 0 Å². The van der Waals surface area contributed by atoms with E-state index in [1.54, 1.807) is 11.0 Å². The number of oxime groups is 1. The summed E-state index contributed by atoms with van der Waals surface area (Å²) in [5, 5.41) is 6.02. The fourth-order valence-electron chi connectivity index (χ4n) is 3.19. The molecule has 1 aliphatic rings. The van der Waals surface area contributed by atoms with Gasteiger partial charge >= 0.3 is 0 Å². The van der Waals surface area contributed by atoms with Crippen LogP contribution in [0, 0.1) is 5.82 Å². The second kappa shape index (κ2) is 8.35. The van der Waals surface area contributed by atoms with Gasteiger partial charge in [0.25, 0.3) is 5.91 Å². The number of halogens is 1. The van der Waals surface area contributed by atoms with Crippen molar-refractivity contribution in [3.63, 3.8) is 0 Å². The number of carbonyl (C=O) groups is 1. The zero-order chi connectivity index (χ0) is 19.3. The SMILES string of the molecule is O=C(c1cccs1)N(Cc1ccccc1)CC1CC(c2cccc(F)c2)=NO1. The minimum absolute atomic E-state index is 0.0262. The third-order valence-corrected chi connectivity index (χ3v) is 5.41. The molecule has 1 aliphatic heterocycles. The van der Waals surface area contributed by atoms with Crippen molar-refractivity contribution in [2.45, 2.75) is 19.1 Å². The summed E-state index contributed by atoms with van der Waals surface area (Å²) < 4.78 is 13.5. The Labute approximate surface area is 166 Å². The Morgan fingerprint density at radius 3 is 2.75 bits per heavy atom. The van der Waals surface area contributed by atoms with Gasteiger partial charge in [0.2, 0.25) is 0 Å². The lowest BCUT2D eigenvalue weighted by molar-refractivity contribution is 0.0408. The maximum Gasteiger partial charge on any atom is 0.264 e. The summed E-state index contributed by atoms with van der Waals surface area (Å²) in [7, 11) is 0. The Morgan fingerprint density at radius 1 is 1.14 bits per heavy atom. The van der Waals surface area contributed by atoms with E-state index in [9.17, 15) is 9.18 Å². The van der Waals surface area contributed by atoms with E-state index >= 15 is 0 Å². The summed E-state index contributed by atoms with van der Waals surface area (Å²) in [5.74, 6) is -0.330. The molecule has 0 radical (unpaired) electrons. The lowest BCUT2D eigenvalue weighted by atomic mass is 10.0. The van der Waals surface area contributed by atoms with Gasteiger partial charge in [0.05, 0.1) is 17.1 Å². The van der Waals surface area contributed by atoms with Gasteiger partial charge in [-0.1, -0.05) is 53.7 Å². The molecule has 0 saturated carbocycles. The van der Waals surface area contributed by atoms with Gasteiger partial charge in [0.1, 0.15) is 5.82 Å². The molecular weight excluding hydrogens is 375 g/mol. The topological polar surface area (TPSA) is 41.9 Å². The van der Waals surface area contributed by atoms with Gasteiger partial charge in [-0.25, -0.2) is 4.39 Å². The highest BCUT2D eigenvalue weighted by molar-refractivity contribution is 7.12. The molecule has 0 spiro atoms. The molecule has 0 bridgehead atoms. The molecule has 28 heavy (non-hydrogen) atoms. The Balaban J connectivity index is 1.48. The first-order valence-corrected chi connectivity index (χ1v) is 9.92. The molecule has 1 aromatic heterocycles. The van der Waals surface area contributed by atoms with Crippen LogP contribution in [0.1, 0.15) is 27.2 Å². The monoisotopic (exact) mass is 394 g/mol. The van der Waals surface area contributed by atoms with Crippen LogP contribution in [0.5, 0.6) is 0 Å². The predicted octanol–water partition coefficient (Wildman–Crippen LogP) is 4.72. The van der Waals surface area contributed by atoms with Crippen LogP contribution >= 0.6 is 11.3 Å². The number of rotatable bonds is 6. The molecule has 1 atom stereocenters. The average Bonchev–Trinajstić information content (AvgIpc) is 3.40. The van der Waals surface area contributed by atoms with E-state index in [0.717, 1.165) is 5.56 Å². The van der Waals surface area contributed by atoms with Crippen molar-refractivity contribution >= 4 is 23.0 Å². The Bertz CT molecular complexity index is 973. The molecule has 0 N–H and O–H groups in total. The minimum Gasteiger partial charge on any atom is -0.390 e. The highest BCUT2D eigenvalue weighted by Crippen LogP contribution is 2.21. The van der Waals surface area contributed by atoms with Crippen LogP contribution in [0.4, 0.5) is 4.39 Å². The van der Waals surface area contributed by atoms with Gasteiger partial charge in [-0.2, -0.15) is 0 Å². The van der Waals surface area contributed by atoms with E-state index in [4.69, 9.17) is 4.84 Å². The lowest BCUT2D eigenvalue weighted by Crippen LogP contribution is -2.37. The first-order valence-electron chi connectivity index (χ1n) is 9.04. The zero-order valence-corrected chi connectivity index (χ0v) is 15.9. The fraction of sp³-hybridized carbons (Fsp3) is 0.182. The van der Waals surface area contributed by atoms with Gasteiger partial charge < -0.3 is 9.74 Å². The van der Waals surface area contributed by atoms with Crippen molar-refractivity contribution in [1.82, 2.24) is 4.90 Å². The van der Waals surface area contributed by atoms with Crippen LogP contribution in [-0.2, 0) is 11.4 Å². The predicted molar refractivity (Wildman–Crippen MR) is 108 cm³/mol. The maximum atomic E-state index is 13.5. The molecular formula is C22H19FN2O2S. The first kappa shape index (κ1) is 18.4. The van der Waals surface area contributed by atoms with E-state index in [1.807, 2.05) is 53.9 Å². The fourth-order valence-corrected chi connectivity index (χ4v) is 3.88. The maximum absolute atomic E-state index is 13.5. The number of hydrogen-bond acceptors (Lipinski definition) is 4. The molecule has 142 valence electrons. The van der Waals surface area contributed by atoms with E-state index in [1.165, 1.54) is 23.5 Å². The summed E-state index contributed by atoms with van der Waals surface area (Å²) in [5.41, 5.74) is 2.46. The summed E-state index contributed by atoms with van der Waals surface area (Å²) in [6.07, 6.45) is 0.276. The number of carbonyl (C=O) groups excluding carboxylic acids is 1. The van der Waals surface area contributed by atoms with Crippen molar-refractivity contribution in [1.29, 1.82) is 0 Å². The van der Waals surface area contributed by atoms with Crippen molar-refractivity contribution < 1.29 is 14.0 Å². The molecule has 2 heterocycles. The van der Waals surface area contributed by atoms with Crippen molar-refractivity contribution in [3.05, 3.63) is 93.9 Å². The molecule has 0 saturated heterocycles. The van der Waals surface area contributed by atoms with Gasteiger partial charge in [-0.3, -0.25) is 4.79 Å². The van der Waals surface area contributed by atoms with Gasteiger partial charge in [-0.15, -0.1) is 11.3 Å².